The summed E-state index contributed by atoms with van der Waals surface area (Å²) in [7, 11) is 0. The monoisotopic (exact) mass is 252 g/mol. The Bertz CT molecular complexity index is 413. The molecule has 0 amide bonds. The summed E-state index contributed by atoms with van der Waals surface area (Å²) in [5, 5.41) is 21.6. The first-order valence-corrected chi connectivity index (χ1v) is 5.89. The zero-order valence-electron chi connectivity index (χ0n) is 11.0. The lowest BCUT2D eigenvalue weighted by molar-refractivity contribution is 0.0697. The molecule has 0 spiro atoms. The lowest BCUT2D eigenvalue weighted by Crippen LogP contribution is -2.25. The van der Waals surface area contributed by atoms with Crippen molar-refractivity contribution in [1.82, 2.24) is 4.98 Å². The quantitative estimate of drug-likeness (QED) is 0.746. The van der Waals surface area contributed by atoms with E-state index in [4.69, 9.17) is 5.11 Å². The van der Waals surface area contributed by atoms with Gasteiger partial charge in [0, 0.05) is 12.7 Å². The normalized spacial score (nSPS) is 13.1. The Hall–Kier alpha value is -1.62. The van der Waals surface area contributed by atoms with Crippen LogP contribution >= 0.6 is 0 Å². The maximum atomic E-state index is 10.8. The van der Waals surface area contributed by atoms with Crippen molar-refractivity contribution >= 4 is 11.8 Å². The summed E-state index contributed by atoms with van der Waals surface area (Å²) in [4.78, 5) is 14.8. The molecule has 0 saturated carbocycles. The van der Waals surface area contributed by atoms with E-state index in [2.05, 4.69) is 31.1 Å². The number of pyridine rings is 1. The Kier molecular flexibility index (Phi) is 4.67. The second-order valence-corrected chi connectivity index (χ2v) is 5.53. The van der Waals surface area contributed by atoms with Gasteiger partial charge in [0.15, 0.2) is 0 Å². The third-order valence-corrected chi connectivity index (χ3v) is 2.37. The lowest BCUT2D eigenvalue weighted by Gasteiger charge is -2.22. The van der Waals surface area contributed by atoms with E-state index in [9.17, 15) is 9.90 Å². The predicted molar refractivity (Wildman–Crippen MR) is 69.8 cm³/mol. The summed E-state index contributed by atoms with van der Waals surface area (Å²) in [5.74, 6) is -0.529. The number of hydrogen-bond acceptors (Lipinski definition) is 4. The van der Waals surface area contributed by atoms with E-state index in [0.717, 1.165) is 0 Å². The number of aromatic nitrogens is 1. The molecule has 0 radical (unpaired) electrons. The summed E-state index contributed by atoms with van der Waals surface area (Å²) in [6.45, 7) is 6.52. The van der Waals surface area contributed by atoms with Crippen molar-refractivity contribution in [2.75, 3.05) is 11.9 Å². The smallest absolute Gasteiger partial charge is 0.335 e. The van der Waals surface area contributed by atoms with Gasteiger partial charge in [-0.05, 0) is 24.0 Å². The number of hydrogen-bond donors (Lipinski definition) is 3. The largest absolute Gasteiger partial charge is 0.478 e. The molecule has 5 heteroatoms. The number of nitrogens with one attached hydrogen (secondary N) is 1. The number of carboxylic acid groups (broad SMARTS) is 1. The molecule has 1 heterocycles. The van der Waals surface area contributed by atoms with Crippen molar-refractivity contribution in [2.45, 2.75) is 33.3 Å². The van der Waals surface area contributed by atoms with Gasteiger partial charge in [-0.3, -0.25) is 0 Å². The molecule has 0 bridgehead atoms. The van der Waals surface area contributed by atoms with Crippen molar-refractivity contribution in [3.63, 3.8) is 0 Å². The second kappa shape index (κ2) is 5.82. The maximum absolute atomic E-state index is 10.8. The number of anilines is 1. The van der Waals surface area contributed by atoms with Crippen LogP contribution in [-0.2, 0) is 0 Å². The molecule has 0 saturated heterocycles. The van der Waals surface area contributed by atoms with E-state index in [1.807, 2.05) is 0 Å². The predicted octanol–water partition coefficient (Wildman–Crippen LogP) is 1.99. The van der Waals surface area contributed by atoms with Crippen LogP contribution in [0, 0.1) is 5.41 Å². The summed E-state index contributed by atoms with van der Waals surface area (Å²) in [6.07, 6.45) is 1.61. The van der Waals surface area contributed by atoms with Gasteiger partial charge in [-0.1, -0.05) is 20.8 Å². The van der Waals surface area contributed by atoms with Crippen LogP contribution in [0.1, 0.15) is 37.6 Å². The molecule has 1 aromatic heterocycles. The molecule has 0 aliphatic carbocycles. The van der Waals surface area contributed by atoms with Gasteiger partial charge in [0.05, 0.1) is 11.7 Å². The van der Waals surface area contributed by atoms with Gasteiger partial charge in [0.1, 0.15) is 5.82 Å². The summed E-state index contributed by atoms with van der Waals surface area (Å²) in [6, 6.07) is 2.88. The van der Waals surface area contributed by atoms with Gasteiger partial charge in [-0.25, -0.2) is 9.78 Å². The van der Waals surface area contributed by atoms with Gasteiger partial charge in [0.2, 0.25) is 0 Å². The number of carbonyl (C=O) groups is 1. The van der Waals surface area contributed by atoms with E-state index < -0.39 is 12.1 Å². The molecule has 0 aromatic carbocycles. The number of carboxylic acids is 1. The molecule has 1 atom stereocenters. The van der Waals surface area contributed by atoms with Crippen LogP contribution in [0.15, 0.2) is 18.3 Å². The van der Waals surface area contributed by atoms with Gasteiger partial charge < -0.3 is 15.5 Å². The van der Waals surface area contributed by atoms with Gasteiger partial charge in [0.25, 0.3) is 0 Å². The third-order valence-electron chi connectivity index (χ3n) is 2.37. The Labute approximate surface area is 107 Å². The van der Waals surface area contributed by atoms with E-state index in [0.29, 0.717) is 18.8 Å². The second-order valence-electron chi connectivity index (χ2n) is 5.53. The zero-order chi connectivity index (χ0) is 13.8. The molecule has 18 heavy (non-hydrogen) atoms. The molecule has 1 rings (SSSR count). The van der Waals surface area contributed by atoms with Crippen LogP contribution in [0.25, 0.3) is 0 Å². The van der Waals surface area contributed by atoms with Crippen molar-refractivity contribution in [3.05, 3.63) is 23.9 Å². The Morgan fingerprint density at radius 1 is 1.50 bits per heavy atom. The molecule has 100 valence electrons. The Balaban J connectivity index is 2.53. The number of rotatable bonds is 5. The van der Waals surface area contributed by atoms with E-state index in [-0.39, 0.29) is 11.0 Å². The van der Waals surface area contributed by atoms with Crippen molar-refractivity contribution in [1.29, 1.82) is 0 Å². The Morgan fingerprint density at radius 2 is 2.17 bits per heavy atom. The molecule has 0 fully saturated rings. The van der Waals surface area contributed by atoms with Gasteiger partial charge in [-0.15, -0.1) is 0 Å². The summed E-state index contributed by atoms with van der Waals surface area (Å²) in [5.41, 5.74) is 0.232. The molecular weight excluding hydrogens is 232 g/mol. The minimum Gasteiger partial charge on any atom is -0.478 e. The summed E-state index contributed by atoms with van der Waals surface area (Å²) >= 11 is 0. The minimum atomic E-state index is -0.990. The van der Waals surface area contributed by atoms with Crippen LogP contribution in [0.2, 0.25) is 0 Å². The molecule has 0 aliphatic heterocycles. The lowest BCUT2D eigenvalue weighted by atomic mass is 9.89. The number of aromatic carboxylic acids is 1. The number of aliphatic hydroxyl groups excluding tert-OH is 1. The third kappa shape index (κ3) is 5.14. The van der Waals surface area contributed by atoms with E-state index >= 15 is 0 Å². The maximum Gasteiger partial charge on any atom is 0.335 e. The first-order chi connectivity index (χ1) is 8.28. The number of aliphatic hydroxyl groups is 1. The van der Waals surface area contributed by atoms with Crippen molar-refractivity contribution < 1.29 is 15.0 Å². The molecule has 0 aliphatic rings. The fraction of sp³-hybridized carbons (Fsp3) is 0.538. The zero-order valence-corrected chi connectivity index (χ0v) is 11.0. The van der Waals surface area contributed by atoms with Crippen LogP contribution in [0.4, 0.5) is 5.82 Å². The topological polar surface area (TPSA) is 82.5 Å². The van der Waals surface area contributed by atoms with E-state index in [1.165, 1.54) is 18.3 Å². The van der Waals surface area contributed by atoms with Crippen LogP contribution in [-0.4, -0.2) is 33.8 Å². The highest BCUT2D eigenvalue weighted by Crippen LogP contribution is 2.20. The van der Waals surface area contributed by atoms with Crippen molar-refractivity contribution in [2.24, 2.45) is 5.41 Å². The summed E-state index contributed by atoms with van der Waals surface area (Å²) < 4.78 is 0. The van der Waals surface area contributed by atoms with Crippen LogP contribution in [0.3, 0.4) is 0 Å². The first kappa shape index (κ1) is 14.4. The SMILES string of the molecule is CC(C)(C)CC(O)CNc1cc(C(=O)O)ccn1. The van der Waals surface area contributed by atoms with Crippen LogP contribution in [0.5, 0.6) is 0 Å². The minimum absolute atomic E-state index is 0.0530. The Morgan fingerprint density at radius 3 is 2.72 bits per heavy atom. The molecular formula is C13H20N2O3. The average Bonchev–Trinajstić information content (AvgIpc) is 2.24. The fourth-order valence-electron chi connectivity index (χ4n) is 1.66. The average molecular weight is 252 g/mol. The number of nitrogens with zero attached hydrogens (tertiary/aromatic N) is 1. The first-order valence-electron chi connectivity index (χ1n) is 5.89. The van der Waals surface area contributed by atoms with Gasteiger partial charge in [-0.2, -0.15) is 0 Å². The standard InChI is InChI=1S/C13H20N2O3/c1-13(2,3)7-10(16)8-15-11-6-9(12(17)18)4-5-14-11/h4-6,10,16H,7-8H2,1-3H3,(H,14,15)(H,17,18). The molecule has 1 unspecified atom stereocenters. The fourth-order valence-corrected chi connectivity index (χ4v) is 1.66. The van der Waals surface area contributed by atoms with E-state index in [1.54, 1.807) is 0 Å². The highest BCUT2D eigenvalue weighted by Gasteiger charge is 2.16. The molecule has 3 N–H and O–H groups in total. The van der Waals surface area contributed by atoms with Gasteiger partial charge >= 0.3 is 5.97 Å². The highest BCUT2D eigenvalue weighted by atomic mass is 16.4. The van der Waals surface area contributed by atoms with Crippen molar-refractivity contribution in [3.8, 4) is 0 Å². The molecule has 1 aromatic rings. The highest BCUT2D eigenvalue weighted by molar-refractivity contribution is 5.88. The van der Waals surface area contributed by atoms with Crippen LogP contribution < -0.4 is 5.32 Å². The molecule has 5 nitrogen and oxygen atoms in total.